The average Bonchev–Trinajstić information content (AvgIpc) is 2.42. The number of hydrogen-bond donors (Lipinski definition) is 2. The number of aryl methyl sites for hydroxylation is 1. The largest absolute Gasteiger partial charge is 0.378 e. The molecule has 0 heterocycles. The highest BCUT2D eigenvalue weighted by atomic mass is 35.5. The fraction of sp³-hybridized carbons (Fsp3) is 0.562. The summed E-state index contributed by atoms with van der Waals surface area (Å²) in [6.45, 7) is 8.05. The van der Waals surface area contributed by atoms with E-state index in [1.165, 1.54) is 12.1 Å². The molecule has 0 aromatic heterocycles. The van der Waals surface area contributed by atoms with Crippen molar-refractivity contribution in [2.45, 2.75) is 45.8 Å². The number of nitrogens with one attached hydrogen (secondary N) is 1. The molecule has 0 spiro atoms. The standard InChI is InChI=1S/C16H23FN2O2.ClH/c1-5-21-13-9-16(18,15(13,3)4)14(20)19-11-6-7-12(17)10(2)8-11;/h6-8,13H,5,9,18H2,1-4H3,(H,19,20);1H. The maximum absolute atomic E-state index is 13.3. The highest BCUT2D eigenvalue weighted by Crippen LogP contribution is 2.50. The lowest BCUT2D eigenvalue weighted by Gasteiger charge is -2.57. The summed E-state index contributed by atoms with van der Waals surface area (Å²) in [6, 6.07) is 4.47. The summed E-state index contributed by atoms with van der Waals surface area (Å²) in [4.78, 5) is 12.5. The lowest BCUT2D eigenvalue weighted by atomic mass is 9.54. The van der Waals surface area contributed by atoms with Gasteiger partial charge in [0, 0.05) is 24.1 Å². The van der Waals surface area contributed by atoms with Crippen LogP contribution in [0.2, 0.25) is 0 Å². The van der Waals surface area contributed by atoms with Gasteiger partial charge in [0.2, 0.25) is 5.91 Å². The van der Waals surface area contributed by atoms with Crippen molar-refractivity contribution in [3.05, 3.63) is 29.6 Å². The molecule has 4 nitrogen and oxygen atoms in total. The second kappa shape index (κ2) is 6.52. The van der Waals surface area contributed by atoms with Gasteiger partial charge in [-0.2, -0.15) is 0 Å². The number of benzene rings is 1. The lowest BCUT2D eigenvalue weighted by molar-refractivity contribution is -0.166. The van der Waals surface area contributed by atoms with Crippen molar-refractivity contribution in [2.75, 3.05) is 11.9 Å². The van der Waals surface area contributed by atoms with Crippen molar-refractivity contribution in [3.8, 4) is 0 Å². The monoisotopic (exact) mass is 330 g/mol. The van der Waals surface area contributed by atoms with Crippen molar-refractivity contribution >= 4 is 24.0 Å². The van der Waals surface area contributed by atoms with Gasteiger partial charge in [-0.15, -0.1) is 12.4 Å². The fourth-order valence-electron chi connectivity index (χ4n) is 2.79. The highest BCUT2D eigenvalue weighted by molar-refractivity contribution is 5.99. The van der Waals surface area contributed by atoms with Gasteiger partial charge in [0.15, 0.2) is 0 Å². The van der Waals surface area contributed by atoms with Crippen LogP contribution in [0, 0.1) is 18.2 Å². The van der Waals surface area contributed by atoms with Gasteiger partial charge in [-0.1, -0.05) is 13.8 Å². The molecule has 0 aliphatic heterocycles. The van der Waals surface area contributed by atoms with Crippen molar-refractivity contribution < 1.29 is 13.9 Å². The van der Waals surface area contributed by atoms with E-state index in [2.05, 4.69) is 5.32 Å². The van der Waals surface area contributed by atoms with Gasteiger partial charge in [0.05, 0.1) is 6.10 Å². The molecule has 1 saturated carbocycles. The van der Waals surface area contributed by atoms with Gasteiger partial charge in [-0.25, -0.2) is 4.39 Å². The first-order chi connectivity index (χ1) is 9.72. The molecular weight excluding hydrogens is 307 g/mol. The number of rotatable bonds is 4. The summed E-state index contributed by atoms with van der Waals surface area (Å²) in [6.07, 6.45) is 0.466. The zero-order valence-electron chi connectivity index (χ0n) is 13.4. The zero-order valence-corrected chi connectivity index (χ0v) is 14.2. The molecule has 0 bridgehead atoms. The first-order valence-corrected chi connectivity index (χ1v) is 7.20. The molecule has 3 N–H and O–H groups in total. The van der Waals surface area contributed by atoms with Gasteiger partial charge in [-0.05, 0) is 37.6 Å². The van der Waals surface area contributed by atoms with Crippen LogP contribution in [0.25, 0.3) is 0 Å². The second-order valence-corrected chi connectivity index (χ2v) is 6.26. The van der Waals surface area contributed by atoms with Crippen LogP contribution in [0.15, 0.2) is 18.2 Å². The number of carbonyl (C=O) groups is 1. The quantitative estimate of drug-likeness (QED) is 0.892. The Morgan fingerprint density at radius 1 is 1.50 bits per heavy atom. The van der Waals surface area contributed by atoms with E-state index in [9.17, 15) is 9.18 Å². The van der Waals surface area contributed by atoms with Crippen molar-refractivity contribution in [1.29, 1.82) is 0 Å². The Labute approximate surface area is 137 Å². The number of ether oxygens (including phenoxy) is 1. The molecule has 1 aliphatic carbocycles. The van der Waals surface area contributed by atoms with Crippen LogP contribution in [0.1, 0.15) is 32.8 Å². The van der Waals surface area contributed by atoms with Crippen LogP contribution in [0.3, 0.4) is 0 Å². The SMILES string of the molecule is CCOC1CC(N)(C(=O)Nc2ccc(F)c(C)c2)C1(C)C.Cl. The van der Waals surface area contributed by atoms with Gasteiger partial charge in [-0.3, -0.25) is 4.79 Å². The summed E-state index contributed by atoms with van der Waals surface area (Å²) in [7, 11) is 0. The number of hydrogen-bond acceptors (Lipinski definition) is 3. The Hall–Kier alpha value is -1.17. The van der Waals surface area contributed by atoms with Crippen LogP contribution in [0.5, 0.6) is 0 Å². The van der Waals surface area contributed by atoms with Gasteiger partial charge in [0.1, 0.15) is 11.4 Å². The molecule has 0 radical (unpaired) electrons. The topological polar surface area (TPSA) is 64.3 Å². The minimum absolute atomic E-state index is 0. The first-order valence-electron chi connectivity index (χ1n) is 7.20. The number of halogens is 2. The van der Waals surface area contributed by atoms with Crippen LogP contribution in [-0.2, 0) is 9.53 Å². The van der Waals surface area contributed by atoms with E-state index in [1.54, 1.807) is 13.0 Å². The van der Waals surface area contributed by atoms with Crippen LogP contribution < -0.4 is 11.1 Å². The molecule has 22 heavy (non-hydrogen) atoms. The third kappa shape index (κ3) is 2.98. The minimum Gasteiger partial charge on any atom is -0.378 e. The van der Waals surface area contributed by atoms with E-state index in [-0.39, 0.29) is 30.2 Å². The lowest BCUT2D eigenvalue weighted by Crippen LogP contribution is -2.74. The molecule has 6 heteroatoms. The fourth-order valence-corrected chi connectivity index (χ4v) is 2.79. The Balaban J connectivity index is 0.00000242. The average molecular weight is 331 g/mol. The summed E-state index contributed by atoms with van der Waals surface area (Å²) in [5.74, 6) is -0.551. The maximum Gasteiger partial charge on any atom is 0.245 e. The molecule has 2 unspecified atom stereocenters. The molecule has 2 rings (SSSR count). The molecule has 124 valence electrons. The molecule has 2 atom stereocenters. The van der Waals surface area contributed by atoms with Crippen molar-refractivity contribution in [1.82, 2.24) is 0 Å². The van der Waals surface area contributed by atoms with Gasteiger partial charge < -0.3 is 15.8 Å². The van der Waals surface area contributed by atoms with E-state index >= 15 is 0 Å². The van der Waals surface area contributed by atoms with Crippen LogP contribution in [-0.4, -0.2) is 24.2 Å². The number of nitrogens with two attached hydrogens (primary N) is 1. The Bertz CT molecular complexity index is 565. The predicted molar refractivity (Wildman–Crippen MR) is 87.7 cm³/mol. The maximum atomic E-state index is 13.3. The Kier molecular flexibility index (Phi) is 5.60. The van der Waals surface area contributed by atoms with E-state index in [0.29, 0.717) is 24.3 Å². The number of amides is 1. The van der Waals surface area contributed by atoms with Crippen LogP contribution in [0.4, 0.5) is 10.1 Å². The minimum atomic E-state index is -0.977. The van der Waals surface area contributed by atoms with E-state index in [1.807, 2.05) is 20.8 Å². The highest BCUT2D eigenvalue weighted by Gasteiger charge is 2.62. The first kappa shape index (κ1) is 18.9. The Morgan fingerprint density at radius 2 is 2.14 bits per heavy atom. The predicted octanol–water partition coefficient (Wildman–Crippen LogP) is 3.03. The second-order valence-electron chi connectivity index (χ2n) is 6.26. The third-order valence-electron chi connectivity index (χ3n) is 4.65. The van der Waals surface area contributed by atoms with E-state index < -0.39 is 11.0 Å². The molecular formula is C16H24ClFN2O2. The van der Waals surface area contributed by atoms with Crippen molar-refractivity contribution in [2.24, 2.45) is 11.1 Å². The molecule has 1 aromatic rings. The summed E-state index contributed by atoms with van der Waals surface area (Å²) in [5, 5.41) is 2.78. The van der Waals surface area contributed by atoms with E-state index in [4.69, 9.17) is 10.5 Å². The number of anilines is 1. The molecule has 1 amide bonds. The summed E-state index contributed by atoms with van der Waals surface area (Å²) >= 11 is 0. The molecule has 1 fully saturated rings. The van der Waals surface area contributed by atoms with Crippen LogP contribution >= 0.6 is 12.4 Å². The Morgan fingerprint density at radius 3 is 2.64 bits per heavy atom. The molecule has 1 aromatic carbocycles. The van der Waals surface area contributed by atoms with Gasteiger partial charge in [0.25, 0.3) is 0 Å². The number of carbonyl (C=O) groups excluding carboxylic acids is 1. The molecule has 0 saturated heterocycles. The van der Waals surface area contributed by atoms with Gasteiger partial charge >= 0.3 is 0 Å². The molecule has 1 aliphatic rings. The normalized spacial score (nSPS) is 25.8. The smallest absolute Gasteiger partial charge is 0.245 e. The van der Waals surface area contributed by atoms with Crippen molar-refractivity contribution in [3.63, 3.8) is 0 Å². The third-order valence-corrected chi connectivity index (χ3v) is 4.65. The summed E-state index contributed by atoms with van der Waals surface area (Å²) in [5.41, 5.74) is 5.92. The van der Waals surface area contributed by atoms with E-state index in [0.717, 1.165) is 0 Å². The summed E-state index contributed by atoms with van der Waals surface area (Å²) < 4.78 is 18.9. The zero-order chi connectivity index (χ0) is 15.8.